The van der Waals surface area contributed by atoms with Crippen LogP contribution >= 0.6 is 0 Å². The molecule has 2 N–H and O–H groups in total. The summed E-state index contributed by atoms with van der Waals surface area (Å²) in [6, 6.07) is 1.00. The number of aryl methyl sites for hydroxylation is 1. The first kappa shape index (κ1) is 17.2. The number of hydrogen-bond acceptors (Lipinski definition) is 3. The standard InChI is InChI=1S/C15H25N3O3/c1-5-8-12(15(20)21)16-14(19)13-9-10(4)17-18(13)11(6-2)7-3/h9,11-12H,5-8H2,1-4H3,(H,16,19)(H,20,21). The number of nitrogens with one attached hydrogen (secondary N) is 1. The van der Waals surface area contributed by atoms with Crippen LogP contribution in [0.15, 0.2) is 6.07 Å². The summed E-state index contributed by atoms with van der Waals surface area (Å²) in [6.07, 6.45) is 2.85. The van der Waals surface area contributed by atoms with E-state index in [2.05, 4.69) is 10.4 Å². The van der Waals surface area contributed by atoms with Gasteiger partial charge in [0.05, 0.1) is 11.7 Å². The molecule has 1 amide bonds. The van der Waals surface area contributed by atoms with E-state index in [9.17, 15) is 9.59 Å². The number of rotatable bonds is 8. The third-order valence-electron chi connectivity index (χ3n) is 3.56. The first-order chi connectivity index (χ1) is 9.94. The number of carboxylic acid groups (broad SMARTS) is 1. The Bertz CT molecular complexity index is 492. The van der Waals surface area contributed by atoms with E-state index >= 15 is 0 Å². The Balaban J connectivity index is 2.99. The van der Waals surface area contributed by atoms with Crippen molar-refractivity contribution in [3.63, 3.8) is 0 Å². The monoisotopic (exact) mass is 295 g/mol. The molecule has 0 aromatic carbocycles. The summed E-state index contributed by atoms with van der Waals surface area (Å²) in [6.45, 7) is 7.81. The molecule has 1 rings (SSSR count). The average Bonchev–Trinajstić information content (AvgIpc) is 2.81. The molecular weight excluding hydrogens is 270 g/mol. The van der Waals surface area contributed by atoms with Gasteiger partial charge in [-0.25, -0.2) is 4.79 Å². The van der Waals surface area contributed by atoms with Gasteiger partial charge in [0.2, 0.25) is 0 Å². The van der Waals surface area contributed by atoms with Crippen molar-refractivity contribution < 1.29 is 14.7 Å². The zero-order valence-electron chi connectivity index (χ0n) is 13.2. The molecule has 0 aliphatic carbocycles. The van der Waals surface area contributed by atoms with E-state index < -0.39 is 12.0 Å². The Hall–Kier alpha value is -1.85. The number of amides is 1. The van der Waals surface area contributed by atoms with Crippen molar-refractivity contribution in [1.82, 2.24) is 15.1 Å². The van der Waals surface area contributed by atoms with Crippen molar-refractivity contribution >= 4 is 11.9 Å². The van der Waals surface area contributed by atoms with E-state index in [4.69, 9.17) is 5.11 Å². The van der Waals surface area contributed by atoms with Crippen LogP contribution in [0.25, 0.3) is 0 Å². The van der Waals surface area contributed by atoms with Crippen LogP contribution < -0.4 is 5.32 Å². The molecule has 6 heteroatoms. The van der Waals surface area contributed by atoms with Gasteiger partial charge in [-0.3, -0.25) is 9.48 Å². The van der Waals surface area contributed by atoms with Gasteiger partial charge < -0.3 is 10.4 Å². The zero-order chi connectivity index (χ0) is 16.0. The van der Waals surface area contributed by atoms with Gasteiger partial charge in [0.1, 0.15) is 11.7 Å². The molecule has 21 heavy (non-hydrogen) atoms. The van der Waals surface area contributed by atoms with Gasteiger partial charge in [-0.2, -0.15) is 5.10 Å². The molecule has 1 aromatic heterocycles. The Morgan fingerprint density at radius 1 is 1.33 bits per heavy atom. The van der Waals surface area contributed by atoms with Crippen LogP contribution in [0, 0.1) is 6.92 Å². The number of aromatic nitrogens is 2. The Morgan fingerprint density at radius 2 is 1.95 bits per heavy atom. The summed E-state index contributed by atoms with van der Waals surface area (Å²) >= 11 is 0. The molecule has 1 atom stereocenters. The van der Waals surface area contributed by atoms with Crippen molar-refractivity contribution in [2.24, 2.45) is 0 Å². The SMILES string of the molecule is CCCC(NC(=O)c1cc(C)nn1C(CC)CC)C(=O)O. The fourth-order valence-electron chi connectivity index (χ4n) is 2.38. The van der Waals surface area contributed by atoms with Crippen molar-refractivity contribution in [3.8, 4) is 0 Å². The molecular formula is C15H25N3O3. The van der Waals surface area contributed by atoms with Crippen LogP contribution in [0.2, 0.25) is 0 Å². The van der Waals surface area contributed by atoms with Crippen LogP contribution in [0.3, 0.4) is 0 Å². The van der Waals surface area contributed by atoms with Crippen LogP contribution in [-0.2, 0) is 4.79 Å². The van der Waals surface area contributed by atoms with Crippen LogP contribution in [0.5, 0.6) is 0 Å². The summed E-state index contributed by atoms with van der Waals surface area (Å²) in [7, 11) is 0. The van der Waals surface area contributed by atoms with E-state index in [1.807, 2.05) is 27.7 Å². The Labute approximate surface area is 125 Å². The van der Waals surface area contributed by atoms with Crippen LogP contribution in [0.4, 0.5) is 0 Å². The highest BCUT2D eigenvalue weighted by atomic mass is 16.4. The summed E-state index contributed by atoms with van der Waals surface area (Å²) in [4.78, 5) is 23.5. The topological polar surface area (TPSA) is 84.2 Å². The maximum atomic E-state index is 12.4. The van der Waals surface area contributed by atoms with Gasteiger partial charge >= 0.3 is 5.97 Å². The largest absolute Gasteiger partial charge is 0.480 e. The highest BCUT2D eigenvalue weighted by molar-refractivity contribution is 5.95. The number of carboxylic acids is 1. The minimum Gasteiger partial charge on any atom is -0.480 e. The lowest BCUT2D eigenvalue weighted by molar-refractivity contribution is -0.139. The van der Waals surface area contributed by atoms with Gasteiger partial charge in [-0.05, 0) is 32.3 Å². The van der Waals surface area contributed by atoms with E-state index in [0.29, 0.717) is 18.5 Å². The molecule has 0 spiro atoms. The second-order valence-electron chi connectivity index (χ2n) is 5.24. The van der Waals surface area contributed by atoms with Crippen molar-refractivity contribution in [3.05, 3.63) is 17.5 Å². The molecule has 0 aliphatic heterocycles. The number of carbonyl (C=O) groups is 2. The highest BCUT2D eigenvalue weighted by Crippen LogP contribution is 2.18. The third kappa shape index (κ3) is 4.31. The first-order valence-corrected chi connectivity index (χ1v) is 7.54. The van der Waals surface area contributed by atoms with E-state index in [-0.39, 0.29) is 11.9 Å². The Morgan fingerprint density at radius 3 is 2.43 bits per heavy atom. The quantitative estimate of drug-likeness (QED) is 0.772. The summed E-state index contributed by atoms with van der Waals surface area (Å²) < 4.78 is 1.72. The molecule has 0 radical (unpaired) electrons. The third-order valence-corrected chi connectivity index (χ3v) is 3.56. The molecule has 6 nitrogen and oxygen atoms in total. The number of nitrogens with zero attached hydrogens (tertiary/aromatic N) is 2. The molecule has 1 heterocycles. The van der Waals surface area contributed by atoms with Crippen LogP contribution in [-0.4, -0.2) is 32.8 Å². The molecule has 0 bridgehead atoms. The van der Waals surface area contributed by atoms with E-state index in [1.165, 1.54) is 0 Å². The first-order valence-electron chi connectivity index (χ1n) is 7.54. The molecule has 1 aromatic rings. The predicted molar refractivity (Wildman–Crippen MR) is 80.4 cm³/mol. The van der Waals surface area contributed by atoms with Gasteiger partial charge in [0.15, 0.2) is 0 Å². The lowest BCUT2D eigenvalue weighted by Crippen LogP contribution is -2.41. The molecule has 0 saturated carbocycles. The van der Waals surface area contributed by atoms with Crippen LogP contribution in [0.1, 0.15) is 68.7 Å². The fourth-order valence-corrected chi connectivity index (χ4v) is 2.38. The van der Waals surface area contributed by atoms with Gasteiger partial charge in [-0.1, -0.05) is 27.2 Å². The van der Waals surface area contributed by atoms with E-state index in [1.54, 1.807) is 10.7 Å². The number of carbonyl (C=O) groups excluding carboxylic acids is 1. The number of hydrogen-bond donors (Lipinski definition) is 2. The normalized spacial score (nSPS) is 12.4. The average molecular weight is 295 g/mol. The van der Waals surface area contributed by atoms with Crippen molar-refractivity contribution in [2.75, 3.05) is 0 Å². The smallest absolute Gasteiger partial charge is 0.326 e. The van der Waals surface area contributed by atoms with Gasteiger partial charge in [0.25, 0.3) is 5.91 Å². The second kappa shape index (κ2) is 7.81. The molecule has 0 aliphatic rings. The second-order valence-corrected chi connectivity index (χ2v) is 5.24. The lowest BCUT2D eigenvalue weighted by atomic mass is 10.1. The number of aliphatic carboxylic acids is 1. The maximum absolute atomic E-state index is 12.4. The zero-order valence-corrected chi connectivity index (χ0v) is 13.2. The fraction of sp³-hybridized carbons (Fsp3) is 0.667. The summed E-state index contributed by atoms with van der Waals surface area (Å²) in [5.41, 5.74) is 1.19. The molecule has 118 valence electrons. The predicted octanol–water partition coefficient (Wildman–Crippen LogP) is 2.54. The lowest BCUT2D eigenvalue weighted by Gasteiger charge is -2.18. The summed E-state index contributed by atoms with van der Waals surface area (Å²) in [5, 5.41) is 16.1. The molecule has 0 saturated heterocycles. The van der Waals surface area contributed by atoms with Crippen molar-refractivity contribution in [1.29, 1.82) is 0 Å². The van der Waals surface area contributed by atoms with Gasteiger partial charge in [0, 0.05) is 0 Å². The van der Waals surface area contributed by atoms with Gasteiger partial charge in [-0.15, -0.1) is 0 Å². The summed E-state index contributed by atoms with van der Waals surface area (Å²) in [5.74, 6) is -1.38. The van der Waals surface area contributed by atoms with Crippen molar-refractivity contribution in [2.45, 2.75) is 65.5 Å². The molecule has 1 unspecified atom stereocenters. The van der Waals surface area contributed by atoms with E-state index in [0.717, 1.165) is 18.5 Å². The maximum Gasteiger partial charge on any atom is 0.326 e. The molecule has 0 fully saturated rings. The minimum absolute atomic E-state index is 0.147. The highest BCUT2D eigenvalue weighted by Gasteiger charge is 2.24. The Kier molecular flexibility index (Phi) is 6.39. The minimum atomic E-state index is -1.00.